The third-order valence-electron chi connectivity index (χ3n) is 3.47. The average Bonchev–Trinajstić information content (AvgIpc) is 2.68. The predicted octanol–water partition coefficient (Wildman–Crippen LogP) is 1.97. The van der Waals surface area contributed by atoms with E-state index in [1.54, 1.807) is 30.3 Å². The molecule has 0 saturated carbocycles. The largest absolute Gasteiger partial charge is 0.483 e. The summed E-state index contributed by atoms with van der Waals surface area (Å²) in [5.41, 5.74) is 4.38. The minimum Gasteiger partial charge on any atom is -0.483 e. The molecule has 0 aliphatic carbocycles. The second-order valence-corrected chi connectivity index (χ2v) is 6.58. The number of aryl methyl sites for hydroxylation is 1. The third kappa shape index (κ3) is 6.51. The van der Waals surface area contributed by atoms with Gasteiger partial charge in [0.25, 0.3) is 5.91 Å². The van der Waals surface area contributed by atoms with Gasteiger partial charge < -0.3 is 15.4 Å². The number of hydrogen-bond acceptors (Lipinski definition) is 5. The second-order valence-electron chi connectivity index (χ2n) is 5.66. The van der Waals surface area contributed by atoms with E-state index in [2.05, 4.69) is 37.1 Å². The van der Waals surface area contributed by atoms with Gasteiger partial charge in [-0.15, -0.1) is 0 Å². The average molecular weight is 447 g/mol. The molecule has 0 spiro atoms. The Labute approximate surface area is 170 Å². The Morgan fingerprint density at radius 3 is 2.50 bits per heavy atom. The molecule has 0 saturated heterocycles. The van der Waals surface area contributed by atoms with Crippen LogP contribution in [-0.2, 0) is 14.4 Å². The Morgan fingerprint density at radius 1 is 1.11 bits per heavy atom. The highest BCUT2D eigenvalue weighted by molar-refractivity contribution is 9.10. The molecule has 0 aliphatic heterocycles. The van der Waals surface area contributed by atoms with Gasteiger partial charge in [0.1, 0.15) is 5.75 Å². The fraction of sp³-hybridized carbons (Fsp3) is 0.158. The number of nitrogens with zero attached hydrogens (tertiary/aromatic N) is 1. The molecule has 8 nitrogen and oxygen atoms in total. The van der Waals surface area contributed by atoms with Gasteiger partial charge in [0, 0.05) is 22.8 Å². The number of carbonyl (C=O) groups excluding carboxylic acids is 3. The van der Waals surface area contributed by atoms with E-state index in [4.69, 9.17) is 4.74 Å². The van der Waals surface area contributed by atoms with Crippen LogP contribution in [0.2, 0.25) is 0 Å². The number of carbonyl (C=O) groups is 3. The molecule has 2 aromatic rings. The fourth-order valence-electron chi connectivity index (χ4n) is 2.05. The summed E-state index contributed by atoms with van der Waals surface area (Å²) >= 11 is 3.33. The summed E-state index contributed by atoms with van der Waals surface area (Å²) in [5.74, 6) is -1.63. The maximum Gasteiger partial charge on any atom is 0.329 e. The third-order valence-corrected chi connectivity index (χ3v) is 3.96. The predicted molar refractivity (Wildman–Crippen MR) is 109 cm³/mol. The number of hydrazone groups is 1. The van der Waals surface area contributed by atoms with E-state index in [0.29, 0.717) is 17.0 Å². The Balaban J connectivity index is 1.99. The smallest absolute Gasteiger partial charge is 0.329 e. The van der Waals surface area contributed by atoms with Crippen molar-refractivity contribution >= 4 is 45.6 Å². The maximum absolute atomic E-state index is 12.1. The first-order chi connectivity index (χ1) is 13.4. The van der Waals surface area contributed by atoms with Gasteiger partial charge in [-0.1, -0.05) is 33.6 Å². The van der Waals surface area contributed by atoms with Crippen LogP contribution in [0.4, 0.5) is 5.69 Å². The molecule has 2 aromatic carbocycles. The first-order valence-electron chi connectivity index (χ1n) is 8.23. The number of rotatable bonds is 6. The van der Waals surface area contributed by atoms with Crippen molar-refractivity contribution in [1.82, 2.24) is 10.7 Å². The van der Waals surface area contributed by atoms with Gasteiger partial charge in [-0.05, 0) is 37.3 Å². The molecule has 146 valence electrons. The maximum atomic E-state index is 12.1. The van der Waals surface area contributed by atoms with Crippen LogP contribution in [0, 0.1) is 6.92 Å². The molecule has 0 fully saturated rings. The van der Waals surface area contributed by atoms with Gasteiger partial charge in [-0.2, -0.15) is 5.10 Å². The van der Waals surface area contributed by atoms with E-state index in [9.17, 15) is 14.4 Å². The number of nitrogens with one attached hydrogen (secondary N) is 3. The van der Waals surface area contributed by atoms with Gasteiger partial charge in [0.15, 0.2) is 6.61 Å². The monoisotopic (exact) mass is 446 g/mol. The van der Waals surface area contributed by atoms with Crippen LogP contribution in [-0.4, -0.2) is 37.6 Å². The molecule has 0 atom stereocenters. The molecular formula is C19H19BrN4O4. The summed E-state index contributed by atoms with van der Waals surface area (Å²) in [6, 6.07) is 12.5. The SMILES string of the molecule is CNC(=O)C(=O)N/N=C\c1cc(Br)ccc1OCC(=O)Nc1ccc(C)cc1. The van der Waals surface area contributed by atoms with E-state index in [1.807, 2.05) is 19.1 Å². The van der Waals surface area contributed by atoms with Crippen LogP contribution < -0.4 is 20.8 Å². The van der Waals surface area contributed by atoms with E-state index in [1.165, 1.54) is 13.3 Å². The lowest BCUT2D eigenvalue weighted by Gasteiger charge is -2.10. The normalized spacial score (nSPS) is 10.4. The summed E-state index contributed by atoms with van der Waals surface area (Å²) in [6.07, 6.45) is 1.32. The van der Waals surface area contributed by atoms with Crippen LogP contribution in [0.5, 0.6) is 5.75 Å². The van der Waals surface area contributed by atoms with Crippen LogP contribution in [0.25, 0.3) is 0 Å². The highest BCUT2D eigenvalue weighted by Gasteiger charge is 2.10. The zero-order valence-corrected chi connectivity index (χ0v) is 16.9. The number of amides is 3. The van der Waals surface area contributed by atoms with E-state index >= 15 is 0 Å². The fourth-order valence-corrected chi connectivity index (χ4v) is 2.43. The summed E-state index contributed by atoms with van der Waals surface area (Å²) in [7, 11) is 1.34. The van der Waals surface area contributed by atoms with Crippen LogP contribution in [0.1, 0.15) is 11.1 Å². The van der Waals surface area contributed by atoms with Gasteiger partial charge in [-0.25, -0.2) is 5.43 Å². The quantitative estimate of drug-likeness (QED) is 0.358. The lowest BCUT2D eigenvalue weighted by atomic mass is 10.2. The lowest BCUT2D eigenvalue weighted by molar-refractivity contribution is -0.138. The topological polar surface area (TPSA) is 109 Å². The first kappa shape index (κ1) is 21.1. The highest BCUT2D eigenvalue weighted by Crippen LogP contribution is 2.22. The molecule has 0 radical (unpaired) electrons. The Morgan fingerprint density at radius 2 is 1.82 bits per heavy atom. The van der Waals surface area contributed by atoms with Crippen LogP contribution in [0.15, 0.2) is 52.0 Å². The zero-order valence-electron chi connectivity index (χ0n) is 15.3. The number of anilines is 1. The van der Waals surface area contributed by atoms with E-state index in [0.717, 1.165) is 10.0 Å². The molecule has 0 unspecified atom stereocenters. The first-order valence-corrected chi connectivity index (χ1v) is 9.02. The second kappa shape index (κ2) is 10.2. The molecule has 2 rings (SSSR count). The lowest BCUT2D eigenvalue weighted by Crippen LogP contribution is -2.35. The Kier molecular flexibility index (Phi) is 7.70. The molecular weight excluding hydrogens is 428 g/mol. The summed E-state index contributed by atoms with van der Waals surface area (Å²) in [6.45, 7) is 1.75. The van der Waals surface area contributed by atoms with Gasteiger partial charge >= 0.3 is 11.8 Å². The summed E-state index contributed by atoms with van der Waals surface area (Å²) in [5, 5.41) is 8.66. The molecule has 0 bridgehead atoms. The van der Waals surface area contributed by atoms with Crippen LogP contribution >= 0.6 is 15.9 Å². The van der Waals surface area contributed by atoms with Gasteiger partial charge in [0.05, 0.1) is 6.21 Å². The van der Waals surface area contributed by atoms with Crippen molar-refractivity contribution in [1.29, 1.82) is 0 Å². The number of hydrogen-bond donors (Lipinski definition) is 3. The number of benzene rings is 2. The van der Waals surface area contributed by atoms with Crippen molar-refractivity contribution in [2.24, 2.45) is 5.10 Å². The van der Waals surface area contributed by atoms with Crippen molar-refractivity contribution in [3.63, 3.8) is 0 Å². The minimum atomic E-state index is -0.895. The Bertz CT molecular complexity index is 897. The zero-order chi connectivity index (χ0) is 20.5. The number of halogens is 1. The van der Waals surface area contributed by atoms with Gasteiger partial charge in [0.2, 0.25) is 0 Å². The summed E-state index contributed by atoms with van der Waals surface area (Å²) < 4.78 is 6.31. The molecule has 0 heterocycles. The molecule has 0 aromatic heterocycles. The van der Waals surface area contributed by atoms with E-state index < -0.39 is 11.8 Å². The van der Waals surface area contributed by atoms with Gasteiger partial charge in [-0.3, -0.25) is 14.4 Å². The Hall–Kier alpha value is -3.20. The minimum absolute atomic E-state index is 0.207. The molecule has 3 N–H and O–H groups in total. The van der Waals surface area contributed by atoms with Crippen molar-refractivity contribution in [2.45, 2.75) is 6.92 Å². The van der Waals surface area contributed by atoms with Crippen molar-refractivity contribution in [3.05, 3.63) is 58.1 Å². The standard InChI is InChI=1S/C19H19BrN4O4/c1-12-3-6-15(7-4-12)23-17(25)11-28-16-8-5-14(20)9-13(16)10-22-24-19(27)18(26)21-2/h3-10H,11H2,1-2H3,(H,21,26)(H,23,25)(H,24,27)/b22-10-. The molecule has 3 amide bonds. The molecule has 9 heteroatoms. The number of likely N-dealkylation sites (N-methyl/N-ethyl adjacent to an activating group) is 1. The van der Waals surface area contributed by atoms with Crippen molar-refractivity contribution < 1.29 is 19.1 Å². The molecule has 0 aliphatic rings. The van der Waals surface area contributed by atoms with Crippen molar-refractivity contribution in [3.8, 4) is 5.75 Å². The van der Waals surface area contributed by atoms with Crippen molar-refractivity contribution in [2.75, 3.05) is 19.0 Å². The highest BCUT2D eigenvalue weighted by atomic mass is 79.9. The van der Waals surface area contributed by atoms with E-state index in [-0.39, 0.29) is 12.5 Å². The molecule has 28 heavy (non-hydrogen) atoms. The van der Waals surface area contributed by atoms with Crippen LogP contribution in [0.3, 0.4) is 0 Å². The number of ether oxygens (including phenoxy) is 1. The summed E-state index contributed by atoms with van der Waals surface area (Å²) in [4.78, 5) is 34.6.